The number of aryl methyl sites for hydroxylation is 1. The summed E-state index contributed by atoms with van der Waals surface area (Å²) in [6.45, 7) is 3.52. The number of anilines is 1. The molecule has 1 N–H and O–H groups in total. The van der Waals surface area contributed by atoms with Gasteiger partial charge in [0.15, 0.2) is 5.15 Å². The topological polar surface area (TPSA) is 42.0 Å². The van der Waals surface area contributed by atoms with Crippen LogP contribution in [0.15, 0.2) is 6.07 Å². The van der Waals surface area contributed by atoms with Crippen LogP contribution in [-0.4, -0.2) is 15.7 Å². The van der Waals surface area contributed by atoms with Crippen LogP contribution in [0.1, 0.15) is 12.5 Å². The molecule has 0 bridgehead atoms. The predicted molar refractivity (Wildman–Crippen MR) is 66.0 cm³/mol. The first-order chi connectivity index (χ1) is 6.91. The second kappa shape index (κ2) is 5.14. The molecule has 0 saturated carbocycles. The van der Waals surface area contributed by atoms with Gasteiger partial charge in [0.1, 0.15) is 5.15 Å². The van der Waals surface area contributed by atoms with Gasteiger partial charge in [-0.2, -0.15) is 0 Å². The van der Waals surface area contributed by atoms with Crippen LogP contribution in [-0.2, 0) is 4.79 Å². The smallest absolute Gasteiger partial charge is 0.237 e. The lowest BCUT2D eigenvalue weighted by atomic mass is 10.2. The van der Waals surface area contributed by atoms with Crippen molar-refractivity contribution < 1.29 is 4.79 Å². The third-order valence-electron chi connectivity index (χ3n) is 1.75. The largest absolute Gasteiger partial charge is 0.322 e. The van der Waals surface area contributed by atoms with E-state index in [0.717, 1.165) is 5.56 Å². The molecule has 1 amide bonds. The number of alkyl halides is 1. The Morgan fingerprint density at radius 1 is 1.60 bits per heavy atom. The van der Waals surface area contributed by atoms with Gasteiger partial charge in [-0.05, 0) is 25.5 Å². The van der Waals surface area contributed by atoms with Crippen LogP contribution >= 0.6 is 39.1 Å². The van der Waals surface area contributed by atoms with Crippen molar-refractivity contribution in [3.8, 4) is 0 Å². The summed E-state index contributed by atoms with van der Waals surface area (Å²) in [5.74, 6) is -0.177. The van der Waals surface area contributed by atoms with Crippen LogP contribution in [0.25, 0.3) is 0 Å². The summed E-state index contributed by atoms with van der Waals surface area (Å²) < 4.78 is 0. The molecule has 3 nitrogen and oxygen atoms in total. The van der Waals surface area contributed by atoms with Crippen LogP contribution in [0.5, 0.6) is 0 Å². The Kier molecular flexibility index (Phi) is 4.37. The van der Waals surface area contributed by atoms with Gasteiger partial charge >= 0.3 is 0 Å². The van der Waals surface area contributed by atoms with Crippen molar-refractivity contribution >= 4 is 50.7 Å². The highest BCUT2D eigenvalue weighted by atomic mass is 79.9. The molecule has 0 aliphatic heterocycles. The molecule has 15 heavy (non-hydrogen) atoms. The van der Waals surface area contributed by atoms with Gasteiger partial charge in [0.25, 0.3) is 0 Å². The number of hydrogen-bond donors (Lipinski definition) is 1. The fraction of sp³-hybridized carbons (Fsp3) is 0.333. The Balaban J connectivity index is 3.00. The third-order valence-corrected chi connectivity index (χ3v) is 2.63. The molecule has 0 aromatic carbocycles. The highest BCUT2D eigenvalue weighted by molar-refractivity contribution is 9.10. The van der Waals surface area contributed by atoms with Crippen molar-refractivity contribution in [2.24, 2.45) is 0 Å². The van der Waals surface area contributed by atoms with Gasteiger partial charge in [-0.15, -0.1) is 0 Å². The van der Waals surface area contributed by atoms with E-state index in [0.29, 0.717) is 10.8 Å². The van der Waals surface area contributed by atoms with E-state index in [1.54, 1.807) is 19.9 Å². The Morgan fingerprint density at radius 2 is 2.20 bits per heavy atom. The average molecular weight is 312 g/mol. The zero-order valence-corrected chi connectivity index (χ0v) is 11.2. The summed E-state index contributed by atoms with van der Waals surface area (Å²) >= 11 is 14.7. The first-order valence-electron chi connectivity index (χ1n) is 4.19. The van der Waals surface area contributed by atoms with E-state index in [2.05, 4.69) is 26.2 Å². The highest BCUT2D eigenvalue weighted by Crippen LogP contribution is 2.26. The predicted octanol–water partition coefficient (Wildman–Crippen LogP) is 3.42. The number of halogens is 3. The summed E-state index contributed by atoms with van der Waals surface area (Å²) in [6, 6.07) is 1.64. The minimum absolute atomic E-state index is 0.177. The van der Waals surface area contributed by atoms with Crippen molar-refractivity contribution in [1.82, 2.24) is 4.98 Å². The standard InChI is InChI=1S/C9H9BrCl2N2O/c1-4-3-6(11)13-8(12)7(4)14-9(15)5(2)10/h3,5H,1-2H3,(H,14,15). The van der Waals surface area contributed by atoms with Gasteiger partial charge in [0.2, 0.25) is 5.91 Å². The molecular weight excluding hydrogens is 303 g/mol. The summed E-state index contributed by atoms with van der Waals surface area (Å²) in [7, 11) is 0. The number of pyridine rings is 1. The minimum atomic E-state index is -0.288. The molecule has 1 aromatic rings. The minimum Gasteiger partial charge on any atom is -0.322 e. The molecule has 0 saturated heterocycles. The van der Waals surface area contributed by atoms with Crippen LogP contribution in [0.4, 0.5) is 5.69 Å². The molecule has 1 aromatic heterocycles. The summed E-state index contributed by atoms with van der Waals surface area (Å²) in [4.78, 5) is 15.0. The second-order valence-corrected chi connectivity index (χ2v) is 5.15. The lowest BCUT2D eigenvalue weighted by molar-refractivity contribution is -0.115. The number of carbonyl (C=O) groups is 1. The fourth-order valence-corrected chi connectivity index (χ4v) is 1.66. The van der Waals surface area contributed by atoms with Crippen LogP contribution < -0.4 is 5.32 Å². The van der Waals surface area contributed by atoms with Gasteiger partial charge in [0.05, 0.1) is 10.5 Å². The number of aromatic nitrogens is 1. The van der Waals surface area contributed by atoms with Gasteiger partial charge in [-0.25, -0.2) is 4.98 Å². The van der Waals surface area contributed by atoms with E-state index in [1.165, 1.54) is 0 Å². The zero-order valence-electron chi connectivity index (χ0n) is 8.14. The summed E-state index contributed by atoms with van der Waals surface area (Å²) in [5, 5.41) is 3.17. The number of rotatable bonds is 2. The number of nitrogens with zero attached hydrogens (tertiary/aromatic N) is 1. The Bertz CT molecular complexity index is 373. The SMILES string of the molecule is Cc1cc(Cl)nc(Cl)c1NC(=O)C(C)Br. The second-order valence-electron chi connectivity index (χ2n) is 3.03. The number of carbonyl (C=O) groups excluding carboxylic acids is 1. The molecule has 1 heterocycles. The van der Waals surface area contributed by atoms with E-state index in [9.17, 15) is 4.79 Å². The Labute approximate surface area is 106 Å². The van der Waals surface area contributed by atoms with Crippen LogP contribution in [0.3, 0.4) is 0 Å². The molecule has 0 spiro atoms. The van der Waals surface area contributed by atoms with Crippen molar-refractivity contribution in [2.75, 3.05) is 5.32 Å². The quantitative estimate of drug-likeness (QED) is 0.671. The fourth-order valence-electron chi connectivity index (χ4n) is 0.968. The highest BCUT2D eigenvalue weighted by Gasteiger charge is 2.14. The maximum absolute atomic E-state index is 11.4. The van der Waals surface area contributed by atoms with Gasteiger partial charge < -0.3 is 5.32 Å². The summed E-state index contributed by atoms with van der Waals surface area (Å²) in [5.41, 5.74) is 1.28. The molecule has 82 valence electrons. The van der Waals surface area contributed by atoms with Crippen molar-refractivity contribution in [3.05, 3.63) is 21.9 Å². The maximum Gasteiger partial charge on any atom is 0.237 e. The Morgan fingerprint density at radius 3 is 2.67 bits per heavy atom. The van der Waals surface area contributed by atoms with Crippen molar-refractivity contribution in [1.29, 1.82) is 0 Å². The van der Waals surface area contributed by atoms with E-state index >= 15 is 0 Å². The monoisotopic (exact) mass is 310 g/mol. The van der Waals surface area contributed by atoms with E-state index < -0.39 is 0 Å². The van der Waals surface area contributed by atoms with Crippen LogP contribution in [0.2, 0.25) is 10.3 Å². The molecule has 1 unspecified atom stereocenters. The number of hydrogen-bond acceptors (Lipinski definition) is 2. The normalized spacial score (nSPS) is 12.3. The van der Waals surface area contributed by atoms with E-state index in [4.69, 9.17) is 23.2 Å². The number of amides is 1. The van der Waals surface area contributed by atoms with E-state index in [-0.39, 0.29) is 15.9 Å². The van der Waals surface area contributed by atoms with Gasteiger partial charge in [-0.1, -0.05) is 39.1 Å². The third kappa shape index (κ3) is 3.33. The van der Waals surface area contributed by atoms with E-state index in [1.807, 2.05) is 0 Å². The molecule has 0 aliphatic rings. The molecule has 6 heteroatoms. The molecule has 0 radical (unpaired) electrons. The first-order valence-corrected chi connectivity index (χ1v) is 5.86. The molecule has 1 rings (SSSR count). The molecular formula is C9H9BrCl2N2O. The summed E-state index contributed by atoms with van der Waals surface area (Å²) in [6.07, 6.45) is 0. The molecule has 1 atom stereocenters. The molecule has 0 aliphatic carbocycles. The van der Waals surface area contributed by atoms with Crippen LogP contribution in [0, 0.1) is 6.92 Å². The zero-order chi connectivity index (χ0) is 11.6. The van der Waals surface area contributed by atoms with Crippen molar-refractivity contribution in [3.63, 3.8) is 0 Å². The first kappa shape index (κ1) is 12.7. The van der Waals surface area contributed by atoms with Gasteiger partial charge in [0, 0.05) is 0 Å². The maximum atomic E-state index is 11.4. The lowest BCUT2D eigenvalue weighted by Gasteiger charge is -2.11. The Hall–Kier alpha value is -0.320. The molecule has 0 fully saturated rings. The van der Waals surface area contributed by atoms with Gasteiger partial charge in [-0.3, -0.25) is 4.79 Å². The lowest BCUT2D eigenvalue weighted by Crippen LogP contribution is -2.20. The number of nitrogens with one attached hydrogen (secondary N) is 1. The van der Waals surface area contributed by atoms with Crippen molar-refractivity contribution in [2.45, 2.75) is 18.7 Å². The average Bonchev–Trinajstić information content (AvgIpc) is 2.10.